The van der Waals surface area contributed by atoms with Crippen LogP contribution in [0.15, 0.2) is 17.1 Å². The van der Waals surface area contributed by atoms with Crippen molar-refractivity contribution in [2.75, 3.05) is 32.7 Å². The molecule has 1 atom stereocenters. The second-order valence-corrected chi connectivity index (χ2v) is 5.78. The van der Waals surface area contributed by atoms with Gasteiger partial charge in [-0.2, -0.15) is 0 Å². The fourth-order valence-electron chi connectivity index (χ4n) is 2.74. The first-order chi connectivity index (χ1) is 10.3. The van der Waals surface area contributed by atoms with Crippen LogP contribution >= 0.6 is 0 Å². The van der Waals surface area contributed by atoms with E-state index in [-0.39, 0.29) is 0 Å². The first-order valence-corrected chi connectivity index (χ1v) is 8.65. The molecule has 0 amide bonds. The molecule has 1 heterocycles. The first kappa shape index (κ1) is 18.0. The summed E-state index contributed by atoms with van der Waals surface area (Å²) in [5.41, 5.74) is 0. The molecule has 122 valence electrons. The van der Waals surface area contributed by atoms with E-state index in [0.29, 0.717) is 0 Å². The van der Waals surface area contributed by atoms with Crippen LogP contribution < -0.4 is 10.6 Å². The van der Waals surface area contributed by atoms with Crippen LogP contribution in [0.4, 0.5) is 0 Å². The molecule has 1 aliphatic heterocycles. The van der Waals surface area contributed by atoms with Crippen LogP contribution in [0.3, 0.4) is 0 Å². The fourth-order valence-corrected chi connectivity index (χ4v) is 2.74. The zero-order valence-electron chi connectivity index (χ0n) is 14.2. The lowest BCUT2D eigenvalue weighted by Gasteiger charge is -2.33. The standard InChI is InChI=1S/C17H34N4/c1-4-6-8-12-19-17(18-5-2)20-13-10-15-21-14-9-7-11-16(21)3/h4,6,16H,5,7-15H2,1-3H3,(H2,18,19,20)/b6-4+. The number of nitrogens with one attached hydrogen (secondary N) is 2. The van der Waals surface area contributed by atoms with Gasteiger partial charge < -0.3 is 15.5 Å². The molecule has 0 spiro atoms. The molecule has 0 aromatic heterocycles. The van der Waals surface area contributed by atoms with Gasteiger partial charge in [0.15, 0.2) is 5.96 Å². The van der Waals surface area contributed by atoms with Gasteiger partial charge in [0.2, 0.25) is 0 Å². The van der Waals surface area contributed by atoms with Gasteiger partial charge >= 0.3 is 0 Å². The van der Waals surface area contributed by atoms with Gasteiger partial charge in [-0.1, -0.05) is 18.6 Å². The zero-order valence-corrected chi connectivity index (χ0v) is 14.2. The van der Waals surface area contributed by atoms with E-state index in [1.54, 1.807) is 0 Å². The lowest BCUT2D eigenvalue weighted by molar-refractivity contribution is 0.160. The molecule has 0 aliphatic carbocycles. The average molecular weight is 294 g/mol. The SMILES string of the molecule is C/C=C/CCNC(=NCCCN1CCCCC1C)NCC. The summed E-state index contributed by atoms with van der Waals surface area (Å²) in [5, 5.41) is 6.68. The van der Waals surface area contributed by atoms with Crippen LogP contribution in [-0.4, -0.2) is 49.6 Å². The van der Waals surface area contributed by atoms with Crippen LogP contribution in [0.25, 0.3) is 0 Å². The van der Waals surface area contributed by atoms with Crippen molar-refractivity contribution in [3.05, 3.63) is 12.2 Å². The Labute approximate surface area is 131 Å². The highest BCUT2D eigenvalue weighted by Crippen LogP contribution is 2.16. The van der Waals surface area contributed by atoms with E-state index < -0.39 is 0 Å². The molecule has 1 aliphatic rings. The van der Waals surface area contributed by atoms with Crippen molar-refractivity contribution < 1.29 is 0 Å². The Bertz CT molecular complexity index is 312. The molecule has 0 bridgehead atoms. The highest BCUT2D eigenvalue weighted by atomic mass is 15.2. The third-order valence-corrected chi connectivity index (χ3v) is 4.00. The van der Waals surface area contributed by atoms with Crippen LogP contribution in [0, 0.1) is 0 Å². The highest BCUT2D eigenvalue weighted by Gasteiger charge is 2.16. The maximum atomic E-state index is 4.66. The van der Waals surface area contributed by atoms with Gasteiger partial charge in [0.25, 0.3) is 0 Å². The van der Waals surface area contributed by atoms with Crippen molar-refractivity contribution in [2.45, 2.75) is 58.9 Å². The minimum absolute atomic E-state index is 0.759. The monoisotopic (exact) mass is 294 g/mol. The number of allylic oxidation sites excluding steroid dienone is 1. The topological polar surface area (TPSA) is 39.7 Å². The molecule has 0 radical (unpaired) electrons. The zero-order chi connectivity index (χ0) is 15.3. The molecule has 1 rings (SSSR count). The van der Waals surface area contributed by atoms with Gasteiger partial charge in [-0.15, -0.1) is 0 Å². The Morgan fingerprint density at radius 1 is 1.33 bits per heavy atom. The summed E-state index contributed by atoms with van der Waals surface area (Å²) < 4.78 is 0. The largest absolute Gasteiger partial charge is 0.357 e. The molecule has 4 heteroatoms. The molecule has 1 saturated heterocycles. The molecule has 4 nitrogen and oxygen atoms in total. The fraction of sp³-hybridized carbons (Fsp3) is 0.824. The first-order valence-electron chi connectivity index (χ1n) is 8.65. The van der Waals surface area contributed by atoms with Crippen LogP contribution in [-0.2, 0) is 0 Å². The molecular formula is C17H34N4. The lowest BCUT2D eigenvalue weighted by Crippen LogP contribution is -2.39. The molecule has 0 aromatic carbocycles. The molecule has 0 aromatic rings. The van der Waals surface area contributed by atoms with Crippen molar-refractivity contribution in [2.24, 2.45) is 4.99 Å². The quantitative estimate of drug-likeness (QED) is 0.313. The van der Waals surface area contributed by atoms with Crippen LogP contribution in [0.2, 0.25) is 0 Å². The van der Waals surface area contributed by atoms with E-state index in [0.717, 1.165) is 44.5 Å². The van der Waals surface area contributed by atoms with E-state index >= 15 is 0 Å². The minimum atomic E-state index is 0.759. The highest BCUT2D eigenvalue weighted by molar-refractivity contribution is 5.79. The summed E-state index contributed by atoms with van der Waals surface area (Å²) in [6.45, 7) is 11.7. The van der Waals surface area contributed by atoms with Crippen LogP contribution in [0.1, 0.15) is 52.9 Å². The van der Waals surface area contributed by atoms with Gasteiger partial charge in [0.05, 0.1) is 0 Å². The number of piperidine rings is 1. The Hall–Kier alpha value is -1.03. The summed E-state index contributed by atoms with van der Waals surface area (Å²) in [6, 6.07) is 0.759. The van der Waals surface area contributed by atoms with Crippen molar-refractivity contribution in [3.8, 4) is 0 Å². The number of likely N-dealkylation sites (tertiary alicyclic amines) is 1. The van der Waals surface area contributed by atoms with E-state index in [9.17, 15) is 0 Å². The summed E-state index contributed by atoms with van der Waals surface area (Å²) in [5.74, 6) is 0.952. The van der Waals surface area contributed by atoms with Gasteiger partial charge in [-0.25, -0.2) is 0 Å². The molecule has 0 saturated carbocycles. The number of nitrogens with zero attached hydrogens (tertiary/aromatic N) is 2. The smallest absolute Gasteiger partial charge is 0.191 e. The van der Waals surface area contributed by atoms with Gasteiger partial charge in [0.1, 0.15) is 0 Å². The molecule has 1 fully saturated rings. The maximum absolute atomic E-state index is 4.66. The van der Waals surface area contributed by atoms with E-state index in [2.05, 4.69) is 53.4 Å². The van der Waals surface area contributed by atoms with Crippen molar-refractivity contribution in [1.29, 1.82) is 0 Å². The van der Waals surface area contributed by atoms with Crippen molar-refractivity contribution in [1.82, 2.24) is 15.5 Å². The Balaban J connectivity index is 2.22. The number of rotatable bonds is 8. The maximum Gasteiger partial charge on any atom is 0.191 e. The normalized spacial score (nSPS) is 20.9. The van der Waals surface area contributed by atoms with Gasteiger partial charge in [-0.3, -0.25) is 4.99 Å². The van der Waals surface area contributed by atoms with E-state index in [4.69, 9.17) is 0 Å². The Kier molecular flexibility index (Phi) is 9.96. The molecule has 1 unspecified atom stereocenters. The second kappa shape index (κ2) is 11.6. The number of aliphatic imine (C=N–C) groups is 1. The Morgan fingerprint density at radius 3 is 2.90 bits per heavy atom. The molecule has 21 heavy (non-hydrogen) atoms. The predicted octanol–water partition coefficient (Wildman–Crippen LogP) is 2.77. The summed E-state index contributed by atoms with van der Waals surface area (Å²) in [6.07, 6.45) is 10.6. The molecule has 2 N–H and O–H groups in total. The summed E-state index contributed by atoms with van der Waals surface area (Å²) >= 11 is 0. The number of guanidine groups is 1. The summed E-state index contributed by atoms with van der Waals surface area (Å²) in [4.78, 5) is 7.28. The van der Waals surface area contributed by atoms with Crippen molar-refractivity contribution >= 4 is 5.96 Å². The summed E-state index contributed by atoms with van der Waals surface area (Å²) in [7, 11) is 0. The van der Waals surface area contributed by atoms with E-state index in [1.807, 2.05) is 0 Å². The minimum Gasteiger partial charge on any atom is -0.357 e. The number of hydrogen-bond acceptors (Lipinski definition) is 2. The lowest BCUT2D eigenvalue weighted by atomic mass is 10.0. The van der Waals surface area contributed by atoms with Crippen molar-refractivity contribution in [3.63, 3.8) is 0 Å². The Morgan fingerprint density at radius 2 is 2.19 bits per heavy atom. The predicted molar refractivity (Wildman–Crippen MR) is 92.9 cm³/mol. The second-order valence-electron chi connectivity index (χ2n) is 5.78. The third-order valence-electron chi connectivity index (χ3n) is 4.00. The average Bonchev–Trinajstić information content (AvgIpc) is 2.49. The van der Waals surface area contributed by atoms with Gasteiger partial charge in [0, 0.05) is 32.2 Å². The van der Waals surface area contributed by atoms with Gasteiger partial charge in [-0.05, 0) is 53.0 Å². The third kappa shape index (κ3) is 8.10. The molecular weight excluding hydrogens is 260 g/mol. The van der Waals surface area contributed by atoms with Crippen LogP contribution in [0.5, 0.6) is 0 Å². The number of hydrogen-bond donors (Lipinski definition) is 2. The van der Waals surface area contributed by atoms with E-state index in [1.165, 1.54) is 32.4 Å².